The van der Waals surface area contributed by atoms with Crippen molar-refractivity contribution < 1.29 is 4.74 Å². The number of hydrogen-bond donors (Lipinski definition) is 0. The van der Waals surface area contributed by atoms with Crippen LogP contribution in [0.25, 0.3) is 0 Å². The summed E-state index contributed by atoms with van der Waals surface area (Å²) in [7, 11) is 1.71. The van der Waals surface area contributed by atoms with Crippen molar-refractivity contribution in [3.05, 3.63) is 138 Å². The van der Waals surface area contributed by atoms with Gasteiger partial charge >= 0.3 is 0 Å². The SMILES string of the molecule is COc1ccc(C2(c3ccccc3)SC2(c2ccccc2)c2ccccc2)cc1. The van der Waals surface area contributed by atoms with E-state index in [4.69, 9.17) is 4.74 Å². The van der Waals surface area contributed by atoms with Crippen LogP contribution in [-0.2, 0) is 9.49 Å². The summed E-state index contributed by atoms with van der Waals surface area (Å²) in [5.74, 6) is 0.882. The van der Waals surface area contributed by atoms with Gasteiger partial charge in [0, 0.05) is 0 Å². The average molecular weight is 395 g/mol. The lowest BCUT2D eigenvalue weighted by atomic mass is 9.74. The van der Waals surface area contributed by atoms with E-state index >= 15 is 0 Å². The molecule has 0 amide bonds. The van der Waals surface area contributed by atoms with Gasteiger partial charge in [0.2, 0.25) is 0 Å². The summed E-state index contributed by atoms with van der Waals surface area (Å²) in [6.45, 7) is 0. The summed E-state index contributed by atoms with van der Waals surface area (Å²) < 4.78 is 5.06. The second-order valence-corrected chi connectivity index (χ2v) is 8.72. The molecule has 5 rings (SSSR count). The molecule has 1 heterocycles. The third kappa shape index (κ3) is 2.71. The number of hydrogen-bond acceptors (Lipinski definition) is 2. The van der Waals surface area contributed by atoms with Crippen molar-refractivity contribution in [1.29, 1.82) is 0 Å². The van der Waals surface area contributed by atoms with Crippen molar-refractivity contribution in [3.8, 4) is 5.75 Å². The Balaban J connectivity index is 1.79. The predicted octanol–water partition coefficient (Wildman–Crippen LogP) is 6.63. The van der Waals surface area contributed by atoms with E-state index < -0.39 is 0 Å². The van der Waals surface area contributed by atoms with Gasteiger partial charge in [-0.25, -0.2) is 0 Å². The van der Waals surface area contributed by atoms with Crippen molar-refractivity contribution in [2.75, 3.05) is 7.11 Å². The fraction of sp³-hybridized carbons (Fsp3) is 0.111. The van der Waals surface area contributed by atoms with Crippen LogP contribution in [0.5, 0.6) is 5.75 Å². The second-order valence-electron chi connectivity index (χ2n) is 7.29. The highest BCUT2D eigenvalue weighted by Gasteiger charge is 2.72. The standard InChI is InChI=1S/C27H22OS/c1-28-25-19-17-24(18-20-25)27(23-15-9-4-10-16-23)26(29-27,21-11-5-2-6-12-21)22-13-7-3-8-14-22/h2-20H,1H3. The highest BCUT2D eigenvalue weighted by atomic mass is 32.2. The molecule has 0 aliphatic carbocycles. The molecule has 0 spiro atoms. The van der Waals surface area contributed by atoms with E-state index in [9.17, 15) is 0 Å². The van der Waals surface area contributed by atoms with Gasteiger partial charge in [-0.1, -0.05) is 103 Å². The van der Waals surface area contributed by atoms with Gasteiger partial charge < -0.3 is 4.74 Å². The van der Waals surface area contributed by atoms with E-state index in [-0.39, 0.29) is 9.49 Å². The molecule has 0 saturated carbocycles. The zero-order valence-corrected chi connectivity index (χ0v) is 17.1. The zero-order chi connectivity index (χ0) is 19.7. The van der Waals surface area contributed by atoms with Crippen LogP contribution >= 0.6 is 11.8 Å². The zero-order valence-electron chi connectivity index (χ0n) is 16.3. The lowest BCUT2D eigenvalue weighted by Crippen LogP contribution is -2.25. The van der Waals surface area contributed by atoms with Crippen molar-refractivity contribution in [2.45, 2.75) is 9.49 Å². The van der Waals surface area contributed by atoms with Gasteiger partial charge in [0.25, 0.3) is 0 Å². The van der Waals surface area contributed by atoms with Gasteiger partial charge in [0.15, 0.2) is 0 Å². The number of thioether (sulfide) groups is 1. The van der Waals surface area contributed by atoms with Crippen LogP contribution in [0.2, 0.25) is 0 Å². The highest BCUT2D eigenvalue weighted by molar-refractivity contribution is 8.09. The molecular formula is C27H22OS. The van der Waals surface area contributed by atoms with Crippen LogP contribution < -0.4 is 4.74 Å². The molecule has 2 heteroatoms. The topological polar surface area (TPSA) is 9.23 Å². The molecular weight excluding hydrogens is 372 g/mol. The van der Waals surface area contributed by atoms with Crippen LogP contribution in [0.4, 0.5) is 0 Å². The molecule has 1 aliphatic heterocycles. The highest BCUT2D eigenvalue weighted by Crippen LogP contribution is 2.80. The number of rotatable bonds is 5. The predicted molar refractivity (Wildman–Crippen MR) is 121 cm³/mol. The molecule has 1 aliphatic rings. The molecule has 0 radical (unpaired) electrons. The quantitative estimate of drug-likeness (QED) is 0.351. The normalized spacial score (nSPS) is 19.5. The van der Waals surface area contributed by atoms with E-state index in [0.717, 1.165) is 5.75 Å². The van der Waals surface area contributed by atoms with Gasteiger partial charge in [-0.15, -0.1) is 11.8 Å². The minimum Gasteiger partial charge on any atom is -0.497 e. The lowest BCUT2D eigenvalue weighted by Gasteiger charge is -2.26. The second kappa shape index (κ2) is 7.13. The van der Waals surface area contributed by atoms with Gasteiger partial charge in [-0.2, -0.15) is 0 Å². The first-order valence-electron chi connectivity index (χ1n) is 9.82. The van der Waals surface area contributed by atoms with Crippen LogP contribution in [0, 0.1) is 0 Å². The third-order valence-electron chi connectivity index (χ3n) is 5.80. The maximum atomic E-state index is 5.42. The van der Waals surface area contributed by atoms with Gasteiger partial charge in [-0.3, -0.25) is 0 Å². The van der Waals surface area contributed by atoms with E-state index in [1.807, 2.05) is 11.8 Å². The fourth-order valence-electron chi connectivity index (χ4n) is 4.43. The van der Waals surface area contributed by atoms with Crippen molar-refractivity contribution in [2.24, 2.45) is 0 Å². The molecule has 1 unspecified atom stereocenters. The molecule has 0 N–H and O–H groups in total. The van der Waals surface area contributed by atoms with Crippen LogP contribution in [0.15, 0.2) is 115 Å². The monoisotopic (exact) mass is 394 g/mol. The van der Waals surface area contributed by atoms with E-state index in [1.165, 1.54) is 22.3 Å². The average Bonchev–Trinajstić information content (AvgIpc) is 3.54. The first kappa shape index (κ1) is 18.1. The van der Waals surface area contributed by atoms with Gasteiger partial charge in [-0.05, 0) is 34.4 Å². The minimum atomic E-state index is -0.191. The number of ether oxygens (including phenoxy) is 1. The summed E-state index contributed by atoms with van der Waals surface area (Å²) in [4.78, 5) is 0. The van der Waals surface area contributed by atoms with E-state index in [1.54, 1.807) is 7.11 Å². The Kier molecular flexibility index (Phi) is 4.44. The molecule has 29 heavy (non-hydrogen) atoms. The molecule has 1 saturated heterocycles. The number of benzene rings is 4. The molecule has 1 fully saturated rings. The van der Waals surface area contributed by atoms with Crippen molar-refractivity contribution in [3.63, 3.8) is 0 Å². The Morgan fingerprint density at radius 3 is 1.17 bits per heavy atom. The number of methoxy groups -OCH3 is 1. The molecule has 1 nitrogen and oxygen atoms in total. The summed E-state index contributed by atoms with van der Waals surface area (Å²) in [5.41, 5.74) is 5.27. The summed E-state index contributed by atoms with van der Waals surface area (Å²) in [6.07, 6.45) is 0. The Labute approximate surface area is 176 Å². The van der Waals surface area contributed by atoms with E-state index in [0.29, 0.717) is 0 Å². The molecule has 0 bridgehead atoms. The van der Waals surface area contributed by atoms with Crippen molar-refractivity contribution in [1.82, 2.24) is 0 Å². The Morgan fingerprint density at radius 2 is 0.828 bits per heavy atom. The minimum absolute atomic E-state index is 0.175. The van der Waals surface area contributed by atoms with Gasteiger partial charge in [0.1, 0.15) is 5.75 Å². The Morgan fingerprint density at radius 1 is 0.483 bits per heavy atom. The Hall–Kier alpha value is -2.97. The lowest BCUT2D eigenvalue weighted by molar-refractivity contribution is 0.414. The van der Waals surface area contributed by atoms with Gasteiger partial charge in [0.05, 0.1) is 16.6 Å². The van der Waals surface area contributed by atoms with Crippen LogP contribution in [-0.4, -0.2) is 7.11 Å². The summed E-state index contributed by atoms with van der Waals surface area (Å²) in [6, 6.07) is 41.2. The third-order valence-corrected chi connectivity index (χ3v) is 7.76. The van der Waals surface area contributed by atoms with Crippen LogP contribution in [0.3, 0.4) is 0 Å². The van der Waals surface area contributed by atoms with Crippen LogP contribution in [0.1, 0.15) is 22.3 Å². The first-order valence-corrected chi connectivity index (χ1v) is 10.6. The fourth-order valence-corrected chi connectivity index (χ4v) is 6.33. The Bertz CT molecular complexity index is 1050. The molecule has 142 valence electrons. The van der Waals surface area contributed by atoms with Crippen molar-refractivity contribution >= 4 is 11.8 Å². The molecule has 1 atom stereocenters. The summed E-state index contributed by atoms with van der Waals surface area (Å²) in [5, 5.41) is 0. The van der Waals surface area contributed by atoms with E-state index in [2.05, 4.69) is 115 Å². The smallest absolute Gasteiger partial charge is 0.118 e. The molecule has 0 aromatic heterocycles. The largest absolute Gasteiger partial charge is 0.497 e. The maximum absolute atomic E-state index is 5.42. The first-order chi connectivity index (χ1) is 14.3. The summed E-state index contributed by atoms with van der Waals surface area (Å²) >= 11 is 2.02. The molecule has 4 aromatic carbocycles. The molecule has 4 aromatic rings. The maximum Gasteiger partial charge on any atom is 0.118 e.